The van der Waals surface area contributed by atoms with Crippen molar-refractivity contribution in [1.82, 2.24) is 14.9 Å². The number of hydrogen-bond donors (Lipinski definition) is 1. The van der Waals surface area contributed by atoms with Gasteiger partial charge in [0.05, 0.1) is 12.9 Å². The lowest BCUT2D eigenvalue weighted by Crippen LogP contribution is -2.32. The van der Waals surface area contributed by atoms with Gasteiger partial charge in [-0.3, -0.25) is 4.79 Å². The summed E-state index contributed by atoms with van der Waals surface area (Å²) >= 11 is 0. The highest BCUT2D eigenvalue weighted by Gasteiger charge is 2.30. The van der Waals surface area contributed by atoms with Crippen molar-refractivity contribution in [3.05, 3.63) is 53.1 Å². The van der Waals surface area contributed by atoms with Crippen LogP contribution in [0.2, 0.25) is 0 Å². The Labute approximate surface area is 144 Å². The summed E-state index contributed by atoms with van der Waals surface area (Å²) in [6, 6.07) is 6.53. The Morgan fingerprint density at radius 2 is 2.08 bits per heavy atom. The number of benzene rings is 1. The minimum Gasteiger partial charge on any atom is -0.495 e. The number of nitrogens with zero attached hydrogens (tertiary/aromatic N) is 2. The molecule has 1 fully saturated rings. The van der Waals surface area contributed by atoms with Gasteiger partial charge in [-0.1, -0.05) is 12.1 Å². The fourth-order valence-electron chi connectivity index (χ4n) is 2.37. The lowest BCUT2D eigenvalue weighted by Gasteiger charge is -2.09. The van der Waals surface area contributed by atoms with Gasteiger partial charge in [-0.15, -0.1) is 5.10 Å². The molecule has 3 rings (SSSR count). The van der Waals surface area contributed by atoms with E-state index in [2.05, 4.69) is 10.2 Å². The third kappa shape index (κ3) is 4.30. The van der Waals surface area contributed by atoms with Gasteiger partial charge in [-0.25, -0.2) is 17.5 Å². The number of rotatable bonds is 6. The molecule has 0 spiro atoms. The molecule has 1 aromatic heterocycles. The molecule has 1 aliphatic carbocycles. The van der Waals surface area contributed by atoms with Crippen molar-refractivity contribution in [3.63, 3.8) is 0 Å². The molecule has 2 aromatic rings. The van der Waals surface area contributed by atoms with E-state index in [1.807, 2.05) is 4.72 Å². The summed E-state index contributed by atoms with van der Waals surface area (Å²) in [7, 11) is -2.56. The molecule has 0 bridgehead atoms. The zero-order valence-electron chi connectivity index (χ0n) is 13.4. The lowest BCUT2D eigenvalue weighted by atomic mass is 10.2. The third-order valence-corrected chi connectivity index (χ3v) is 4.91. The predicted octanol–water partition coefficient (Wildman–Crippen LogP) is 1.76. The summed E-state index contributed by atoms with van der Waals surface area (Å²) in [6.45, 7) is 0. The van der Waals surface area contributed by atoms with E-state index in [1.165, 1.54) is 31.4 Å². The summed E-state index contributed by atoms with van der Waals surface area (Å²) in [5, 5.41) is 7.77. The van der Waals surface area contributed by atoms with Gasteiger partial charge in [0.15, 0.2) is 5.69 Å². The van der Waals surface area contributed by atoms with E-state index in [4.69, 9.17) is 4.74 Å². The minimum absolute atomic E-state index is 0.163. The summed E-state index contributed by atoms with van der Waals surface area (Å²) in [5.41, 5.74) is 0.735. The predicted molar refractivity (Wildman–Crippen MR) is 87.0 cm³/mol. The number of ether oxygens (including phenoxy) is 1. The Morgan fingerprint density at radius 1 is 1.32 bits per heavy atom. The molecular formula is C16H16FN3O4S. The summed E-state index contributed by atoms with van der Waals surface area (Å²) in [6.07, 6.45) is 1.97. The first-order valence-electron chi connectivity index (χ1n) is 7.59. The van der Waals surface area contributed by atoms with Crippen molar-refractivity contribution in [2.45, 2.75) is 24.5 Å². The monoisotopic (exact) mass is 365 g/mol. The Bertz CT molecular complexity index is 913. The first kappa shape index (κ1) is 17.3. The molecule has 1 N–H and O–H groups in total. The fraction of sp³-hybridized carbons (Fsp3) is 0.312. The van der Waals surface area contributed by atoms with E-state index < -0.39 is 27.5 Å². The summed E-state index contributed by atoms with van der Waals surface area (Å²) in [5.74, 6) is -1.31. The molecule has 1 saturated carbocycles. The van der Waals surface area contributed by atoms with E-state index >= 15 is 0 Å². The van der Waals surface area contributed by atoms with Crippen LogP contribution in [-0.2, 0) is 15.8 Å². The van der Waals surface area contributed by atoms with Gasteiger partial charge in [0.25, 0.3) is 5.91 Å². The first-order chi connectivity index (χ1) is 11.9. The van der Waals surface area contributed by atoms with Gasteiger partial charge < -0.3 is 4.74 Å². The van der Waals surface area contributed by atoms with Crippen LogP contribution in [0.4, 0.5) is 4.39 Å². The van der Waals surface area contributed by atoms with Crippen molar-refractivity contribution < 1.29 is 22.3 Å². The molecular weight excluding hydrogens is 349 g/mol. The van der Waals surface area contributed by atoms with Gasteiger partial charge in [0.2, 0.25) is 10.0 Å². The molecule has 7 nitrogen and oxygen atoms in total. The standard InChI is InChI=1S/C16H16FN3O4S/c1-24-14-8-13(18-19-15(14)11-5-6-11)16(21)20-25(22,23)9-10-3-2-4-12(17)7-10/h2-4,7-8,11H,5-6,9H2,1H3,(H,20,21). The van der Waals surface area contributed by atoms with Crippen LogP contribution in [0.25, 0.3) is 0 Å². The maximum atomic E-state index is 13.1. The molecule has 1 amide bonds. The van der Waals surface area contributed by atoms with Crippen LogP contribution in [0.3, 0.4) is 0 Å². The van der Waals surface area contributed by atoms with E-state index in [9.17, 15) is 17.6 Å². The number of amides is 1. The van der Waals surface area contributed by atoms with Crippen LogP contribution < -0.4 is 9.46 Å². The number of hydrogen-bond acceptors (Lipinski definition) is 6. The van der Waals surface area contributed by atoms with Crippen molar-refractivity contribution in [2.75, 3.05) is 7.11 Å². The SMILES string of the molecule is COc1cc(C(=O)NS(=O)(=O)Cc2cccc(F)c2)nnc1C1CC1. The zero-order valence-corrected chi connectivity index (χ0v) is 14.2. The quantitative estimate of drug-likeness (QED) is 0.838. The van der Waals surface area contributed by atoms with Crippen molar-refractivity contribution >= 4 is 15.9 Å². The van der Waals surface area contributed by atoms with Crippen LogP contribution in [-0.4, -0.2) is 31.6 Å². The molecule has 132 valence electrons. The Morgan fingerprint density at radius 3 is 2.72 bits per heavy atom. The normalized spacial score (nSPS) is 14.2. The average Bonchev–Trinajstić information content (AvgIpc) is 3.38. The molecule has 0 unspecified atom stereocenters. The molecule has 1 aliphatic rings. The molecule has 9 heteroatoms. The van der Waals surface area contributed by atoms with Gasteiger partial charge in [-0.2, -0.15) is 5.10 Å². The molecule has 1 aromatic carbocycles. The maximum absolute atomic E-state index is 13.1. The van der Waals surface area contributed by atoms with Gasteiger partial charge >= 0.3 is 0 Å². The molecule has 1 heterocycles. The molecule has 0 aliphatic heterocycles. The second-order valence-electron chi connectivity index (χ2n) is 5.78. The van der Waals surface area contributed by atoms with Crippen molar-refractivity contribution in [2.24, 2.45) is 0 Å². The van der Waals surface area contributed by atoms with Crippen LogP contribution >= 0.6 is 0 Å². The van der Waals surface area contributed by atoms with E-state index in [-0.39, 0.29) is 17.2 Å². The molecule has 0 saturated heterocycles. The largest absolute Gasteiger partial charge is 0.495 e. The fourth-order valence-corrected chi connectivity index (χ4v) is 3.45. The van der Waals surface area contributed by atoms with E-state index in [1.54, 1.807) is 0 Å². The highest BCUT2D eigenvalue weighted by Crippen LogP contribution is 2.42. The molecule has 0 atom stereocenters. The van der Waals surface area contributed by atoms with Crippen LogP contribution in [0.5, 0.6) is 5.75 Å². The summed E-state index contributed by atoms with van der Waals surface area (Å²) < 4.78 is 44.5. The molecule has 25 heavy (non-hydrogen) atoms. The minimum atomic E-state index is -4.01. The number of carbonyl (C=O) groups excluding carboxylic acids is 1. The summed E-state index contributed by atoms with van der Waals surface area (Å²) in [4.78, 5) is 12.2. The highest BCUT2D eigenvalue weighted by molar-refractivity contribution is 7.89. The topological polar surface area (TPSA) is 98.2 Å². The van der Waals surface area contributed by atoms with E-state index in [0.29, 0.717) is 11.4 Å². The second kappa shape index (κ2) is 6.75. The highest BCUT2D eigenvalue weighted by atomic mass is 32.2. The number of halogens is 1. The zero-order chi connectivity index (χ0) is 18.0. The maximum Gasteiger partial charge on any atom is 0.285 e. The van der Waals surface area contributed by atoms with E-state index in [0.717, 1.165) is 18.9 Å². The van der Waals surface area contributed by atoms with Crippen LogP contribution in [0.1, 0.15) is 40.5 Å². The number of aromatic nitrogens is 2. The second-order valence-corrected chi connectivity index (χ2v) is 7.50. The Hall–Kier alpha value is -2.55. The van der Waals surface area contributed by atoms with Crippen molar-refractivity contribution in [1.29, 1.82) is 0 Å². The number of carbonyl (C=O) groups is 1. The Kier molecular flexibility index (Phi) is 4.67. The number of nitrogens with one attached hydrogen (secondary N) is 1. The number of sulfonamides is 1. The van der Waals surface area contributed by atoms with Crippen LogP contribution in [0, 0.1) is 5.82 Å². The third-order valence-electron chi connectivity index (χ3n) is 3.70. The van der Waals surface area contributed by atoms with Gasteiger partial charge in [0.1, 0.15) is 17.3 Å². The first-order valence-corrected chi connectivity index (χ1v) is 9.24. The lowest BCUT2D eigenvalue weighted by molar-refractivity contribution is 0.0975. The average molecular weight is 365 g/mol. The van der Waals surface area contributed by atoms with Crippen LogP contribution in [0.15, 0.2) is 30.3 Å². The van der Waals surface area contributed by atoms with Gasteiger partial charge in [-0.05, 0) is 30.5 Å². The molecule has 0 radical (unpaired) electrons. The van der Waals surface area contributed by atoms with Crippen molar-refractivity contribution in [3.8, 4) is 5.75 Å². The Balaban J connectivity index is 1.74. The smallest absolute Gasteiger partial charge is 0.285 e. The van der Waals surface area contributed by atoms with Gasteiger partial charge in [0, 0.05) is 12.0 Å². The number of methoxy groups -OCH3 is 1.